The second-order valence-electron chi connectivity index (χ2n) is 5.07. The minimum absolute atomic E-state index is 0.270. The maximum Gasteiger partial charge on any atom is 0.380 e. The van der Waals surface area contributed by atoms with Gasteiger partial charge in [0.2, 0.25) is 0 Å². The van der Waals surface area contributed by atoms with Gasteiger partial charge in [-0.15, -0.1) is 0 Å². The molecule has 7 heteroatoms. The average molecular weight is 365 g/mol. The SMILES string of the molecule is CCOP(=O)(OCC)c1c2ccccc2nn1-c1cccc(Cl)c1. The first-order valence-electron chi connectivity index (χ1n) is 7.72. The molecular weight excluding hydrogens is 347 g/mol. The van der Waals surface area contributed by atoms with Gasteiger partial charge < -0.3 is 9.05 Å². The van der Waals surface area contributed by atoms with Crippen LogP contribution in [0.1, 0.15) is 13.8 Å². The van der Waals surface area contributed by atoms with Gasteiger partial charge in [-0.3, -0.25) is 4.57 Å². The lowest BCUT2D eigenvalue weighted by atomic mass is 10.3. The molecule has 0 aliphatic carbocycles. The number of benzene rings is 2. The van der Waals surface area contributed by atoms with Gasteiger partial charge in [0.05, 0.1) is 24.4 Å². The number of rotatable bonds is 6. The van der Waals surface area contributed by atoms with Crippen LogP contribution in [0.5, 0.6) is 0 Å². The molecule has 2 aromatic carbocycles. The number of fused-ring (bicyclic) bond motifs is 1. The zero-order chi connectivity index (χ0) is 17.2. The molecule has 1 heterocycles. The number of hydrogen-bond donors (Lipinski definition) is 0. The van der Waals surface area contributed by atoms with Crippen molar-refractivity contribution < 1.29 is 13.6 Å². The summed E-state index contributed by atoms with van der Waals surface area (Å²) in [5, 5.41) is 5.89. The van der Waals surface area contributed by atoms with Crippen molar-refractivity contribution in [2.45, 2.75) is 13.8 Å². The van der Waals surface area contributed by atoms with E-state index < -0.39 is 7.60 Å². The number of nitrogens with zero attached hydrogens (tertiary/aromatic N) is 2. The summed E-state index contributed by atoms with van der Waals surface area (Å²) >= 11 is 6.11. The fourth-order valence-electron chi connectivity index (χ4n) is 2.57. The lowest BCUT2D eigenvalue weighted by Gasteiger charge is -2.18. The maximum atomic E-state index is 13.4. The third-order valence-corrected chi connectivity index (χ3v) is 5.84. The number of aromatic nitrogens is 2. The fraction of sp³-hybridized carbons (Fsp3) is 0.235. The van der Waals surface area contributed by atoms with E-state index >= 15 is 0 Å². The molecule has 0 aliphatic rings. The van der Waals surface area contributed by atoms with Gasteiger partial charge in [0.25, 0.3) is 0 Å². The molecule has 0 saturated carbocycles. The van der Waals surface area contributed by atoms with Crippen LogP contribution in [-0.4, -0.2) is 23.0 Å². The van der Waals surface area contributed by atoms with E-state index in [4.69, 9.17) is 20.6 Å². The van der Waals surface area contributed by atoms with Crippen LogP contribution in [-0.2, 0) is 13.6 Å². The smallest absolute Gasteiger partial charge is 0.304 e. The molecule has 0 radical (unpaired) electrons. The topological polar surface area (TPSA) is 53.4 Å². The number of hydrogen-bond acceptors (Lipinski definition) is 4. The molecule has 0 N–H and O–H groups in total. The second-order valence-corrected chi connectivity index (χ2v) is 7.44. The van der Waals surface area contributed by atoms with E-state index in [2.05, 4.69) is 5.10 Å². The van der Waals surface area contributed by atoms with Crippen LogP contribution in [0.2, 0.25) is 5.02 Å². The predicted octanol–water partition coefficient (Wildman–Crippen LogP) is 4.57. The van der Waals surface area contributed by atoms with Crippen molar-refractivity contribution in [1.82, 2.24) is 9.78 Å². The molecule has 0 amide bonds. The van der Waals surface area contributed by atoms with Crippen LogP contribution in [0.25, 0.3) is 16.6 Å². The summed E-state index contributed by atoms with van der Waals surface area (Å²) in [7, 11) is -3.53. The van der Waals surface area contributed by atoms with Crippen LogP contribution < -0.4 is 5.44 Å². The van der Waals surface area contributed by atoms with Crippen molar-refractivity contribution in [2.24, 2.45) is 0 Å². The van der Waals surface area contributed by atoms with Crippen molar-refractivity contribution in [1.29, 1.82) is 0 Å². The minimum atomic E-state index is -3.53. The first kappa shape index (κ1) is 17.2. The van der Waals surface area contributed by atoms with E-state index in [-0.39, 0.29) is 13.2 Å². The van der Waals surface area contributed by atoms with Crippen LogP contribution in [0, 0.1) is 0 Å². The van der Waals surface area contributed by atoms with Crippen LogP contribution in [0.3, 0.4) is 0 Å². The molecule has 126 valence electrons. The monoisotopic (exact) mass is 364 g/mol. The Balaban J connectivity index is 2.32. The quantitative estimate of drug-likeness (QED) is 0.601. The lowest BCUT2D eigenvalue weighted by Crippen LogP contribution is -2.20. The molecule has 1 aromatic heterocycles. The zero-order valence-corrected chi connectivity index (χ0v) is 15.1. The Hall–Kier alpha value is -1.65. The molecule has 3 aromatic rings. The third-order valence-electron chi connectivity index (χ3n) is 3.46. The van der Waals surface area contributed by atoms with E-state index in [1.165, 1.54) is 0 Å². The van der Waals surface area contributed by atoms with Crippen LogP contribution in [0.15, 0.2) is 48.5 Å². The predicted molar refractivity (Wildman–Crippen MR) is 96.6 cm³/mol. The zero-order valence-electron chi connectivity index (χ0n) is 13.5. The summed E-state index contributed by atoms with van der Waals surface area (Å²) in [5.41, 5.74) is 1.84. The Bertz CT molecular complexity index is 900. The third kappa shape index (κ3) is 3.13. The Morgan fingerprint density at radius 2 is 1.79 bits per heavy atom. The van der Waals surface area contributed by atoms with Gasteiger partial charge in [-0.2, -0.15) is 5.10 Å². The van der Waals surface area contributed by atoms with E-state index in [0.29, 0.717) is 21.7 Å². The van der Waals surface area contributed by atoms with Crippen molar-refractivity contribution >= 4 is 35.5 Å². The lowest BCUT2D eigenvalue weighted by molar-refractivity contribution is 0.229. The molecule has 0 unspecified atom stereocenters. The Kier molecular flexibility index (Phi) is 5.07. The molecule has 0 atom stereocenters. The van der Waals surface area contributed by atoms with Crippen molar-refractivity contribution in [3.8, 4) is 5.69 Å². The highest BCUT2D eigenvalue weighted by Gasteiger charge is 2.34. The second kappa shape index (κ2) is 7.08. The fourth-order valence-corrected chi connectivity index (χ4v) is 4.63. The molecule has 0 bridgehead atoms. The highest BCUT2D eigenvalue weighted by Crippen LogP contribution is 2.49. The van der Waals surface area contributed by atoms with Gasteiger partial charge >= 0.3 is 7.60 Å². The molecule has 24 heavy (non-hydrogen) atoms. The molecule has 0 saturated heterocycles. The van der Waals surface area contributed by atoms with Gasteiger partial charge in [0.1, 0.15) is 0 Å². The Morgan fingerprint density at radius 3 is 2.46 bits per heavy atom. The highest BCUT2D eigenvalue weighted by molar-refractivity contribution is 7.62. The van der Waals surface area contributed by atoms with Gasteiger partial charge in [0.15, 0.2) is 5.44 Å². The summed E-state index contributed by atoms with van der Waals surface area (Å²) in [5.74, 6) is 0. The molecule has 0 fully saturated rings. The van der Waals surface area contributed by atoms with Crippen molar-refractivity contribution in [3.63, 3.8) is 0 Å². The summed E-state index contributed by atoms with van der Waals surface area (Å²) in [6.07, 6.45) is 0. The maximum absolute atomic E-state index is 13.4. The summed E-state index contributed by atoms with van der Waals surface area (Å²) in [4.78, 5) is 0. The number of halogens is 1. The van der Waals surface area contributed by atoms with Gasteiger partial charge in [0, 0.05) is 10.4 Å². The summed E-state index contributed by atoms with van der Waals surface area (Å²) < 4.78 is 26.1. The van der Waals surface area contributed by atoms with Crippen LogP contribution in [0.4, 0.5) is 0 Å². The Morgan fingerprint density at radius 1 is 1.08 bits per heavy atom. The van der Waals surface area contributed by atoms with Crippen molar-refractivity contribution in [2.75, 3.05) is 13.2 Å². The first-order valence-corrected chi connectivity index (χ1v) is 9.64. The molecule has 0 spiro atoms. The van der Waals surface area contributed by atoms with Crippen molar-refractivity contribution in [3.05, 3.63) is 53.6 Å². The van der Waals surface area contributed by atoms with E-state index in [1.54, 1.807) is 30.7 Å². The van der Waals surface area contributed by atoms with E-state index in [1.807, 2.05) is 36.4 Å². The van der Waals surface area contributed by atoms with E-state index in [9.17, 15) is 4.57 Å². The summed E-state index contributed by atoms with van der Waals surface area (Å²) in [6, 6.07) is 14.7. The van der Waals surface area contributed by atoms with Crippen LogP contribution >= 0.6 is 19.2 Å². The summed E-state index contributed by atoms with van der Waals surface area (Å²) in [6.45, 7) is 4.11. The van der Waals surface area contributed by atoms with Gasteiger partial charge in [-0.05, 0) is 38.1 Å². The Labute approximate surface area is 145 Å². The highest BCUT2D eigenvalue weighted by atomic mass is 35.5. The van der Waals surface area contributed by atoms with Gasteiger partial charge in [-0.1, -0.05) is 35.9 Å². The normalized spacial score (nSPS) is 12.0. The van der Waals surface area contributed by atoms with Gasteiger partial charge in [-0.25, -0.2) is 4.68 Å². The minimum Gasteiger partial charge on any atom is -0.304 e. The molecule has 3 rings (SSSR count). The first-order chi connectivity index (χ1) is 11.6. The standard InChI is InChI=1S/C17H18ClN2O3P/c1-3-22-24(21,23-4-2)17-15-10-5-6-11-16(15)19-20(17)14-9-7-8-13(18)12-14/h5-12H,3-4H2,1-2H3. The molecule has 5 nitrogen and oxygen atoms in total. The largest absolute Gasteiger partial charge is 0.380 e. The molecule has 0 aliphatic heterocycles. The average Bonchev–Trinajstić information content (AvgIpc) is 2.95. The van der Waals surface area contributed by atoms with E-state index in [0.717, 1.165) is 5.39 Å². The molecular formula is C17H18ClN2O3P.